The SMILES string of the molecule is O=C(CCN1C(=O)C=CC1=O)NC[C@@H](O)[C@@H](O)[C@H](O)[C@H](O)CNC(=O)CCN1C(=O)C=CC1=O. The lowest BCUT2D eigenvalue weighted by molar-refractivity contribution is -0.139. The van der Waals surface area contributed by atoms with Crippen LogP contribution in [0.2, 0.25) is 0 Å². The van der Waals surface area contributed by atoms with E-state index in [-0.39, 0.29) is 25.9 Å². The fourth-order valence-corrected chi connectivity index (χ4v) is 3.04. The Morgan fingerprint density at radius 1 is 0.647 bits per heavy atom. The lowest BCUT2D eigenvalue weighted by Gasteiger charge is -2.27. The molecular formula is C20H26N4O10. The highest BCUT2D eigenvalue weighted by molar-refractivity contribution is 6.13. The van der Waals surface area contributed by atoms with Crippen LogP contribution in [0, 0.1) is 0 Å². The van der Waals surface area contributed by atoms with Gasteiger partial charge in [-0.1, -0.05) is 0 Å². The van der Waals surface area contributed by atoms with E-state index in [0.29, 0.717) is 0 Å². The molecule has 6 N–H and O–H groups in total. The number of imide groups is 2. The van der Waals surface area contributed by atoms with Gasteiger partial charge in [0.25, 0.3) is 23.6 Å². The van der Waals surface area contributed by atoms with Crippen LogP contribution in [0.1, 0.15) is 12.8 Å². The summed E-state index contributed by atoms with van der Waals surface area (Å²) < 4.78 is 0. The number of rotatable bonds is 13. The minimum absolute atomic E-state index is 0.174. The summed E-state index contributed by atoms with van der Waals surface area (Å²) in [6.07, 6.45) is -3.34. The Labute approximate surface area is 193 Å². The van der Waals surface area contributed by atoms with Crippen LogP contribution in [0.5, 0.6) is 0 Å². The molecule has 2 aliphatic rings. The molecule has 0 aliphatic carbocycles. The van der Waals surface area contributed by atoms with Crippen molar-refractivity contribution in [2.45, 2.75) is 37.3 Å². The highest BCUT2D eigenvalue weighted by Crippen LogP contribution is 2.07. The standard InChI is InChI=1S/C20H26N4O10/c25-11(9-21-13(27)5-7-23-15(29)1-2-16(23)30)19(33)20(34)12(26)10-22-14(28)6-8-24-17(31)3-4-18(24)32/h1-4,11-12,19-20,25-26,33-34H,5-10H2,(H,21,27)(H,22,28)/t11-,12-,19-,20-/m1/s1. The third kappa shape index (κ3) is 7.28. The van der Waals surface area contributed by atoms with Crippen molar-refractivity contribution in [3.8, 4) is 0 Å². The van der Waals surface area contributed by atoms with Crippen LogP contribution in [-0.4, -0.2) is 116 Å². The van der Waals surface area contributed by atoms with Gasteiger partial charge in [-0.15, -0.1) is 0 Å². The van der Waals surface area contributed by atoms with Gasteiger partial charge in [-0.05, 0) is 0 Å². The maximum atomic E-state index is 11.8. The molecule has 0 aromatic heterocycles. The molecule has 186 valence electrons. The highest BCUT2D eigenvalue weighted by atomic mass is 16.4. The van der Waals surface area contributed by atoms with Gasteiger partial charge in [0.15, 0.2) is 0 Å². The Kier molecular flexibility index (Phi) is 9.56. The van der Waals surface area contributed by atoms with Gasteiger partial charge < -0.3 is 31.1 Å². The Morgan fingerprint density at radius 2 is 0.941 bits per heavy atom. The van der Waals surface area contributed by atoms with E-state index >= 15 is 0 Å². The molecule has 2 aliphatic heterocycles. The smallest absolute Gasteiger partial charge is 0.253 e. The first-order valence-electron chi connectivity index (χ1n) is 10.3. The molecule has 0 saturated carbocycles. The number of aliphatic hydroxyl groups excluding tert-OH is 4. The van der Waals surface area contributed by atoms with Gasteiger partial charge in [-0.3, -0.25) is 38.6 Å². The molecule has 0 saturated heterocycles. The van der Waals surface area contributed by atoms with Gasteiger partial charge in [0, 0.05) is 63.3 Å². The Morgan fingerprint density at radius 3 is 1.24 bits per heavy atom. The van der Waals surface area contributed by atoms with Crippen LogP contribution < -0.4 is 10.6 Å². The normalized spacial score (nSPS) is 18.9. The van der Waals surface area contributed by atoms with E-state index in [0.717, 1.165) is 34.1 Å². The summed E-state index contributed by atoms with van der Waals surface area (Å²) in [4.78, 5) is 71.0. The summed E-state index contributed by atoms with van der Waals surface area (Å²) in [6.45, 7) is -1.34. The van der Waals surface area contributed by atoms with E-state index in [4.69, 9.17) is 0 Å². The van der Waals surface area contributed by atoms with E-state index in [1.54, 1.807) is 0 Å². The van der Waals surface area contributed by atoms with E-state index in [1.165, 1.54) is 0 Å². The van der Waals surface area contributed by atoms with Crippen LogP contribution in [-0.2, 0) is 28.8 Å². The fourth-order valence-electron chi connectivity index (χ4n) is 3.04. The third-order valence-electron chi connectivity index (χ3n) is 5.08. The molecule has 0 aromatic rings. The van der Waals surface area contributed by atoms with Crippen LogP contribution in [0.3, 0.4) is 0 Å². The van der Waals surface area contributed by atoms with Crippen molar-refractivity contribution >= 4 is 35.4 Å². The van der Waals surface area contributed by atoms with Crippen molar-refractivity contribution in [2.24, 2.45) is 0 Å². The van der Waals surface area contributed by atoms with E-state index in [2.05, 4.69) is 10.6 Å². The second-order valence-electron chi connectivity index (χ2n) is 7.55. The van der Waals surface area contributed by atoms with Gasteiger partial charge in [0.1, 0.15) is 12.2 Å². The minimum Gasteiger partial charge on any atom is -0.388 e. The molecule has 0 bridgehead atoms. The number of aliphatic hydroxyl groups is 4. The van der Waals surface area contributed by atoms with Gasteiger partial charge in [-0.25, -0.2) is 0 Å². The molecule has 0 spiro atoms. The molecule has 0 aromatic carbocycles. The number of hydrogen-bond acceptors (Lipinski definition) is 10. The first-order valence-corrected chi connectivity index (χ1v) is 10.3. The van der Waals surface area contributed by atoms with E-state index in [1.807, 2.05) is 0 Å². The highest BCUT2D eigenvalue weighted by Gasteiger charge is 2.31. The number of nitrogens with zero attached hydrogens (tertiary/aromatic N) is 2. The topological polar surface area (TPSA) is 214 Å². The lowest BCUT2D eigenvalue weighted by Crippen LogP contribution is -2.51. The van der Waals surface area contributed by atoms with Crippen molar-refractivity contribution < 1.29 is 49.2 Å². The zero-order chi connectivity index (χ0) is 25.4. The average Bonchev–Trinajstić information content (AvgIpc) is 3.31. The van der Waals surface area contributed by atoms with Gasteiger partial charge in [-0.2, -0.15) is 0 Å². The Hall–Kier alpha value is -3.46. The molecule has 6 amide bonds. The van der Waals surface area contributed by atoms with E-state index in [9.17, 15) is 49.2 Å². The monoisotopic (exact) mass is 482 g/mol. The summed E-state index contributed by atoms with van der Waals surface area (Å²) in [6, 6.07) is 0. The van der Waals surface area contributed by atoms with Crippen molar-refractivity contribution in [2.75, 3.05) is 26.2 Å². The van der Waals surface area contributed by atoms with Crippen LogP contribution in [0.25, 0.3) is 0 Å². The molecule has 2 heterocycles. The summed E-state index contributed by atoms with van der Waals surface area (Å²) in [5.41, 5.74) is 0. The molecule has 0 fully saturated rings. The molecule has 4 atom stereocenters. The number of nitrogens with one attached hydrogen (secondary N) is 2. The summed E-state index contributed by atoms with van der Waals surface area (Å²) in [5.74, 6) is -3.46. The average molecular weight is 482 g/mol. The maximum absolute atomic E-state index is 11.8. The van der Waals surface area contributed by atoms with Crippen LogP contribution >= 0.6 is 0 Å². The minimum atomic E-state index is -1.89. The van der Waals surface area contributed by atoms with Crippen LogP contribution in [0.4, 0.5) is 0 Å². The predicted molar refractivity (Wildman–Crippen MR) is 111 cm³/mol. The second kappa shape index (κ2) is 12.1. The molecule has 0 radical (unpaired) electrons. The molecular weight excluding hydrogens is 456 g/mol. The quantitative estimate of drug-likeness (QED) is 0.138. The van der Waals surface area contributed by atoms with Gasteiger partial charge in [0.2, 0.25) is 11.8 Å². The largest absolute Gasteiger partial charge is 0.388 e. The molecule has 14 heteroatoms. The predicted octanol–water partition coefficient (Wildman–Crippen LogP) is -4.71. The molecule has 2 rings (SSSR count). The number of amides is 6. The first kappa shape index (κ1) is 26.8. The van der Waals surface area contributed by atoms with Crippen molar-refractivity contribution in [1.82, 2.24) is 20.4 Å². The number of carbonyl (C=O) groups excluding carboxylic acids is 6. The summed E-state index contributed by atoms with van der Waals surface area (Å²) in [7, 11) is 0. The van der Waals surface area contributed by atoms with Crippen molar-refractivity contribution in [1.29, 1.82) is 0 Å². The summed E-state index contributed by atoms with van der Waals surface area (Å²) >= 11 is 0. The van der Waals surface area contributed by atoms with Crippen molar-refractivity contribution in [3.05, 3.63) is 24.3 Å². The number of carbonyl (C=O) groups is 6. The Bertz CT molecular complexity index is 794. The molecule has 0 unspecified atom stereocenters. The van der Waals surface area contributed by atoms with Crippen LogP contribution in [0.15, 0.2) is 24.3 Å². The zero-order valence-corrected chi connectivity index (χ0v) is 18.0. The first-order chi connectivity index (χ1) is 16.0. The van der Waals surface area contributed by atoms with Gasteiger partial charge >= 0.3 is 0 Å². The second-order valence-corrected chi connectivity index (χ2v) is 7.55. The molecule has 14 nitrogen and oxygen atoms in total. The lowest BCUT2D eigenvalue weighted by atomic mass is 10.0. The third-order valence-corrected chi connectivity index (χ3v) is 5.08. The molecule has 34 heavy (non-hydrogen) atoms. The maximum Gasteiger partial charge on any atom is 0.253 e. The van der Waals surface area contributed by atoms with E-state index < -0.39 is 72.9 Å². The Balaban J connectivity index is 1.65. The zero-order valence-electron chi connectivity index (χ0n) is 18.0. The van der Waals surface area contributed by atoms with Crippen molar-refractivity contribution in [3.63, 3.8) is 0 Å². The summed E-state index contributed by atoms with van der Waals surface area (Å²) in [5, 5.41) is 44.4. The fraction of sp³-hybridized carbons (Fsp3) is 0.500. The number of hydrogen-bond donors (Lipinski definition) is 6. The van der Waals surface area contributed by atoms with Gasteiger partial charge in [0.05, 0.1) is 12.2 Å².